The van der Waals surface area contributed by atoms with Gasteiger partial charge in [0.15, 0.2) is 0 Å². The van der Waals surface area contributed by atoms with Crippen molar-refractivity contribution >= 4 is 29.3 Å². The van der Waals surface area contributed by atoms with Crippen molar-refractivity contribution in [1.82, 2.24) is 10.3 Å². The summed E-state index contributed by atoms with van der Waals surface area (Å²) in [6, 6.07) is 3.56. The van der Waals surface area contributed by atoms with Crippen LogP contribution >= 0.6 is 23.4 Å². The van der Waals surface area contributed by atoms with Crippen molar-refractivity contribution in [3.63, 3.8) is 0 Å². The minimum atomic E-state index is -0.154. The van der Waals surface area contributed by atoms with Crippen molar-refractivity contribution in [2.24, 2.45) is 0 Å². The Morgan fingerprint density at radius 2 is 2.44 bits per heavy atom. The maximum absolute atomic E-state index is 11.9. The quantitative estimate of drug-likeness (QED) is 0.826. The monoisotopic (exact) mass is 258 g/mol. The third-order valence-electron chi connectivity index (χ3n) is 2.20. The number of hydrogen-bond donors (Lipinski definition) is 1. The van der Waals surface area contributed by atoms with E-state index in [2.05, 4.69) is 10.3 Å². The first-order valence-electron chi connectivity index (χ1n) is 5.09. The molecule has 0 radical (unpaired) electrons. The summed E-state index contributed by atoms with van der Waals surface area (Å²) in [5.74, 6) is 0.749. The van der Waals surface area contributed by atoms with Gasteiger partial charge in [0.1, 0.15) is 5.15 Å². The topological polar surface area (TPSA) is 42.0 Å². The van der Waals surface area contributed by atoms with E-state index >= 15 is 0 Å². The van der Waals surface area contributed by atoms with Gasteiger partial charge in [0.2, 0.25) is 0 Å². The summed E-state index contributed by atoms with van der Waals surface area (Å²) in [7, 11) is 0. The van der Waals surface area contributed by atoms with E-state index in [1.807, 2.05) is 13.2 Å². The lowest BCUT2D eigenvalue weighted by molar-refractivity contribution is 0.0940. The van der Waals surface area contributed by atoms with Crippen LogP contribution in [0.4, 0.5) is 0 Å². The van der Waals surface area contributed by atoms with Gasteiger partial charge in [-0.1, -0.05) is 18.5 Å². The van der Waals surface area contributed by atoms with Gasteiger partial charge in [-0.3, -0.25) is 4.79 Å². The lowest BCUT2D eigenvalue weighted by atomic mass is 10.2. The zero-order valence-electron chi connectivity index (χ0n) is 9.37. The molecule has 1 rings (SSSR count). The number of carbonyl (C=O) groups is 1. The van der Waals surface area contributed by atoms with Crippen molar-refractivity contribution < 1.29 is 4.79 Å². The zero-order valence-corrected chi connectivity index (χ0v) is 10.9. The molecule has 0 aliphatic heterocycles. The van der Waals surface area contributed by atoms with Crippen LogP contribution in [0.15, 0.2) is 18.3 Å². The number of amides is 1. The van der Waals surface area contributed by atoms with Crippen LogP contribution in [0, 0.1) is 0 Å². The number of nitrogens with one attached hydrogen (secondary N) is 1. The number of aromatic nitrogens is 1. The van der Waals surface area contributed by atoms with Crippen LogP contribution in [0.25, 0.3) is 0 Å². The van der Waals surface area contributed by atoms with E-state index in [9.17, 15) is 4.79 Å². The fraction of sp³-hybridized carbons (Fsp3) is 0.455. The fourth-order valence-electron chi connectivity index (χ4n) is 1.28. The average Bonchev–Trinajstić information content (AvgIpc) is 2.28. The molecule has 16 heavy (non-hydrogen) atoms. The highest BCUT2D eigenvalue weighted by atomic mass is 35.5. The van der Waals surface area contributed by atoms with Gasteiger partial charge < -0.3 is 5.32 Å². The molecule has 1 heterocycles. The average molecular weight is 259 g/mol. The molecule has 0 bridgehead atoms. The van der Waals surface area contributed by atoms with Crippen molar-refractivity contribution in [2.45, 2.75) is 19.4 Å². The van der Waals surface area contributed by atoms with Crippen LogP contribution in [0.5, 0.6) is 0 Å². The minimum absolute atomic E-state index is 0.154. The highest BCUT2D eigenvalue weighted by Gasteiger charge is 2.14. The number of thioether (sulfide) groups is 1. The molecule has 0 saturated heterocycles. The molecule has 1 atom stereocenters. The molecule has 1 aromatic heterocycles. The molecule has 0 aliphatic carbocycles. The van der Waals surface area contributed by atoms with Gasteiger partial charge in [-0.25, -0.2) is 4.98 Å². The summed E-state index contributed by atoms with van der Waals surface area (Å²) in [4.78, 5) is 15.7. The second kappa shape index (κ2) is 6.76. The number of hydrogen-bond acceptors (Lipinski definition) is 3. The number of nitrogens with zero attached hydrogens (tertiary/aromatic N) is 1. The lowest BCUT2D eigenvalue weighted by Gasteiger charge is -2.15. The van der Waals surface area contributed by atoms with Crippen LogP contribution in [-0.2, 0) is 0 Å². The van der Waals surface area contributed by atoms with Crippen molar-refractivity contribution in [1.29, 1.82) is 0 Å². The molecule has 0 spiro atoms. The van der Waals surface area contributed by atoms with Crippen LogP contribution in [0.1, 0.15) is 23.7 Å². The molecule has 0 aromatic carbocycles. The largest absolute Gasteiger partial charge is 0.348 e. The maximum Gasteiger partial charge on any atom is 0.254 e. The van der Waals surface area contributed by atoms with Crippen LogP contribution < -0.4 is 5.32 Å². The molecule has 0 fully saturated rings. The van der Waals surface area contributed by atoms with Gasteiger partial charge in [-0.15, -0.1) is 0 Å². The van der Waals surface area contributed by atoms with E-state index < -0.39 is 0 Å². The number of rotatable bonds is 5. The third-order valence-corrected chi connectivity index (χ3v) is 3.24. The summed E-state index contributed by atoms with van der Waals surface area (Å²) in [6.07, 6.45) is 4.49. The van der Waals surface area contributed by atoms with E-state index in [0.717, 1.165) is 12.2 Å². The van der Waals surface area contributed by atoms with Crippen molar-refractivity contribution in [3.05, 3.63) is 29.0 Å². The predicted molar refractivity (Wildman–Crippen MR) is 69.2 cm³/mol. The van der Waals surface area contributed by atoms with E-state index in [4.69, 9.17) is 11.6 Å². The van der Waals surface area contributed by atoms with Crippen LogP contribution in [0.2, 0.25) is 5.15 Å². The van der Waals surface area contributed by atoms with E-state index in [1.165, 1.54) is 0 Å². The summed E-state index contributed by atoms with van der Waals surface area (Å²) in [5, 5.41) is 3.19. The van der Waals surface area contributed by atoms with Gasteiger partial charge in [-0.05, 0) is 24.8 Å². The molecule has 0 saturated carbocycles. The standard InChI is InChI=1S/C11H15ClN2OS/c1-3-8(7-16-2)14-11(15)9-5-4-6-13-10(9)12/h4-6,8H,3,7H2,1-2H3,(H,14,15). The predicted octanol–water partition coefficient (Wildman–Crippen LogP) is 2.61. The van der Waals surface area contributed by atoms with Gasteiger partial charge in [0.25, 0.3) is 5.91 Å². The van der Waals surface area contributed by atoms with Crippen LogP contribution in [0.3, 0.4) is 0 Å². The molecule has 1 amide bonds. The molecule has 88 valence electrons. The fourth-order valence-corrected chi connectivity index (χ4v) is 2.21. The highest BCUT2D eigenvalue weighted by molar-refractivity contribution is 7.98. The van der Waals surface area contributed by atoms with Gasteiger partial charge in [-0.2, -0.15) is 11.8 Å². The zero-order chi connectivity index (χ0) is 12.0. The summed E-state index contributed by atoms with van der Waals surface area (Å²) in [5.41, 5.74) is 0.434. The Bertz CT molecular complexity index is 360. The van der Waals surface area contributed by atoms with E-state index in [1.54, 1.807) is 30.1 Å². The summed E-state index contributed by atoms with van der Waals surface area (Å²) in [6.45, 7) is 2.05. The molecule has 0 aliphatic rings. The Balaban J connectivity index is 2.68. The second-order valence-electron chi connectivity index (χ2n) is 3.38. The van der Waals surface area contributed by atoms with E-state index in [-0.39, 0.29) is 17.1 Å². The smallest absolute Gasteiger partial charge is 0.254 e. The molecule has 1 unspecified atom stereocenters. The highest BCUT2D eigenvalue weighted by Crippen LogP contribution is 2.12. The second-order valence-corrected chi connectivity index (χ2v) is 4.64. The number of carbonyl (C=O) groups excluding carboxylic acids is 1. The Kier molecular flexibility index (Phi) is 5.63. The van der Waals surface area contributed by atoms with E-state index in [0.29, 0.717) is 5.56 Å². The van der Waals surface area contributed by atoms with Crippen molar-refractivity contribution in [2.75, 3.05) is 12.0 Å². The summed E-state index contributed by atoms with van der Waals surface area (Å²) >= 11 is 7.56. The Labute approximate surface area is 105 Å². The summed E-state index contributed by atoms with van der Waals surface area (Å²) < 4.78 is 0. The Hall–Kier alpha value is -0.740. The SMILES string of the molecule is CCC(CSC)NC(=O)c1cccnc1Cl. The molecule has 5 heteroatoms. The van der Waals surface area contributed by atoms with Gasteiger partial charge >= 0.3 is 0 Å². The lowest BCUT2D eigenvalue weighted by Crippen LogP contribution is -2.36. The molecular weight excluding hydrogens is 244 g/mol. The van der Waals surface area contributed by atoms with Gasteiger partial charge in [0, 0.05) is 18.0 Å². The molecule has 3 nitrogen and oxygen atoms in total. The first-order chi connectivity index (χ1) is 7.69. The molecular formula is C11H15ClN2OS. The number of halogens is 1. The normalized spacial score (nSPS) is 12.2. The Morgan fingerprint density at radius 3 is 3.00 bits per heavy atom. The minimum Gasteiger partial charge on any atom is -0.348 e. The van der Waals surface area contributed by atoms with Crippen LogP contribution in [-0.4, -0.2) is 28.9 Å². The first kappa shape index (κ1) is 13.3. The van der Waals surface area contributed by atoms with Gasteiger partial charge in [0.05, 0.1) is 5.56 Å². The Morgan fingerprint density at radius 1 is 1.69 bits per heavy atom. The number of pyridine rings is 1. The molecule has 1 N–H and O–H groups in total. The molecule has 1 aromatic rings. The first-order valence-corrected chi connectivity index (χ1v) is 6.86. The third kappa shape index (κ3) is 3.68. The maximum atomic E-state index is 11.9. The van der Waals surface area contributed by atoms with Crippen molar-refractivity contribution in [3.8, 4) is 0 Å².